The predicted octanol–water partition coefficient (Wildman–Crippen LogP) is 5.54. The largest absolute Gasteiger partial charge is 0.497 e. The van der Waals surface area contributed by atoms with Crippen molar-refractivity contribution in [2.24, 2.45) is 0 Å². The Morgan fingerprint density at radius 2 is 1.33 bits per heavy atom. The average molecular weight is 407 g/mol. The summed E-state index contributed by atoms with van der Waals surface area (Å²) in [5.74, 6) is 3.07. The number of hydrogen-bond acceptors (Lipinski definition) is 5. The van der Waals surface area contributed by atoms with E-state index >= 15 is 0 Å². The number of benzene rings is 3. The molecule has 6 nitrogen and oxygen atoms in total. The van der Waals surface area contributed by atoms with Crippen molar-refractivity contribution in [2.75, 3.05) is 25.6 Å². The Labute approximate surface area is 176 Å². The molecule has 0 heterocycles. The Hall–Kier alpha value is -3.67. The molecule has 0 aliphatic carbocycles. The summed E-state index contributed by atoms with van der Waals surface area (Å²) < 4.78 is 22.1. The minimum Gasteiger partial charge on any atom is -0.497 e. The molecule has 1 N–H and O–H groups in total. The Balaban J connectivity index is 1.65. The molecule has 3 aromatic carbocycles. The van der Waals surface area contributed by atoms with E-state index in [4.69, 9.17) is 18.9 Å². The van der Waals surface area contributed by atoms with Crippen molar-refractivity contribution in [3.63, 3.8) is 0 Å². The van der Waals surface area contributed by atoms with E-state index in [1.54, 1.807) is 49.6 Å². The van der Waals surface area contributed by atoms with Crippen LogP contribution in [0.4, 0.5) is 5.69 Å². The van der Waals surface area contributed by atoms with E-state index in [9.17, 15) is 4.79 Å². The van der Waals surface area contributed by atoms with Gasteiger partial charge in [0.15, 0.2) is 11.5 Å². The second-order valence-electron chi connectivity index (χ2n) is 6.28. The summed E-state index contributed by atoms with van der Waals surface area (Å²) in [7, 11) is 1.62. The molecule has 3 rings (SSSR count). The summed E-state index contributed by atoms with van der Waals surface area (Å²) in [5.41, 5.74) is 1.15. The fourth-order valence-corrected chi connectivity index (χ4v) is 2.78. The fourth-order valence-electron chi connectivity index (χ4n) is 2.78. The lowest BCUT2D eigenvalue weighted by Crippen LogP contribution is -2.12. The van der Waals surface area contributed by atoms with E-state index in [-0.39, 0.29) is 5.91 Å². The Bertz CT molecular complexity index is 968. The Kier molecular flexibility index (Phi) is 7.16. The number of nitrogens with one attached hydrogen (secondary N) is 1. The van der Waals surface area contributed by atoms with Crippen LogP contribution >= 0.6 is 0 Å². The summed E-state index contributed by atoms with van der Waals surface area (Å²) in [6.45, 7) is 4.80. The third kappa shape index (κ3) is 5.44. The maximum Gasteiger partial charge on any atom is 0.255 e. The summed E-state index contributed by atoms with van der Waals surface area (Å²) in [6, 6.07) is 19.6. The van der Waals surface area contributed by atoms with Gasteiger partial charge in [-0.05, 0) is 80.6 Å². The lowest BCUT2D eigenvalue weighted by atomic mass is 10.1. The zero-order valence-corrected chi connectivity index (χ0v) is 17.3. The average Bonchev–Trinajstić information content (AvgIpc) is 2.77. The van der Waals surface area contributed by atoms with Gasteiger partial charge >= 0.3 is 0 Å². The summed E-state index contributed by atoms with van der Waals surface area (Å²) in [4.78, 5) is 12.6. The molecule has 0 aliphatic heterocycles. The van der Waals surface area contributed by atoms with Crippen molar-refractivity contribution >= 4 is 11.6 Å². The third-order valence-corrected chi connectivity index (χ3v) is 4.21. The van der Waals surface area contributed by atoms with E-state index in [0.29, 0.717) is 47.5 Å². The molecule has 0 spiro atoms. The van der Waals surface area contributed by atoms with Crippen molar-refractivity contribution in [3.05, 3.63) is 72.3 Å². The van der Waals surface area contributed by atoms with Crippen molar-refractivity contribution in [1.29, 1.82) is 0 Å². The molecular formula is C24H25NO5. The van der Waals surface area contributed by atoms with Crippen molar-refractivity contribution < 1.29 is 23.7 Å². The lowest BCUT2D eigenvalue weighted by Gasteiger charge is -2.13. The predicted molar refractivity (Wildman–Crippen MR) is 116 cm³/mol. The van der Waals surface area contributed by atoms with Gasteiger partial charge in [-0.1, -0.05) is 0 Å². The first-order valence-electron chi connectivity index (χ1n) is 9.76. The van der Waals surface area contributed by atoms with Crippen molar-refractivity contribution in [2.45, 2.75) is 13.8 Å². The molecule has 0 unspecified atom stereocenters. The Morgan fingerprint density at radius 1 is 0.767 bits per heavy atom. The van der Waals surface area contributed by atoms with E-state index in [1.807, 2.05) is 38.1 Å². The van der Waals surface area contributed by atoms with Crippen LogP contribution in [0, 0.1) is 0 Å². The van der Waals surface area contributed by atoms with Crippen LogP contribution in [0.3, 0.4) is 0 Å². The summed E-state index contributed by atoms with van der Waals surface area (Å²) >= 11 is 0. The molecule has 1 amide bonds. The number of anilines is 1. The number of methoxy groups -OCH3 is 1. The minimum atomic E-state index is -0.233. The standard InChI is InChI=1S/C24H25NO5/c1-4-28-22-15-6-17(16-23(22)29-5-2)24(26)25-18-7-9-20(10-8-18)30-21-13-11-19(27-3)12-14-21/h6-16H,4-5H2,1-3H3,(H,25,26). The van der Waals surface area contributed by atoms with Gasteiger partial charge in [-0.15, -0.1) is 0 Å². The third-order valence-electron chi connectivity index (χ3n) is 4.21. The van der Waals surface area contributed by atoms with Crippen LogP contribution in [0.15, 0.2) is 66.7 Å². The van der Waals surface area contributed by atoms with Crippen LogP contribution in [0.1, 0.15) is 24.2 Å². The number of hydrogen-bond donors (Lipinski definition) is 1. The second kappa shape index (κ2) is 10.2. The van der Waals surface area contributed by atoms with E-state index in [1.165, 1.54) is 0 Å². The molecule has 0 radical (unpaired) electrons. The SMILES string of the molecule is CCOc1ccc(C(=O)Nc2ccc(Oc3ccc(OC)cc3)cc2)cc1OCC. The monoisotopic (exact) mass is 407 g/mol. The fraction of sp³-hybridized carbons (Fsp3) is 0.208. The molecule has 0 saturated carbocycles. The van der Waals surface area contributed by atoms with Crippen LogP contribution in [0.5, 0.6) is 28.7 Å². The Morgan fingerprint density at radius 3 is 1.93 bits per heavy atom. The van der Waals surface area contributed by atoms with Gasteiger partial charge in [-0.3, -0.25) is 4.79 Å². The highest BCUT2D eigenvalue weighted by molar-refractivity contribution is 6.04. The van der Waals surface area contributed by atoms with Crippen LogP contribution in [0.25, 0.3) is 0 Å². The maximum absolute atomic E-state index is 12.6. The van der Waals surface area contributed by atoms with Gasteiger partial charge in [0.2, 0.25) is 0 Å². The molecule has 30 heavy (non-hydrogen) atoms. The topological polar surface area (TPSA) is 66.0 Å². The molecule has 3 aromatic rings. The maximum atomic E-state index is 12.6. The number of ether oxygens (including phenoxy) is 4. The molecule has 0 atom stereocenters. The number of carbonyl (C=O) groups is 1. The van der Waals surface area contributed by atoms with Crippen LogP contribution in [-0.2, 0) is 0 Å². The van der Waals surface area contributed by atoms with E-state index in [0.717, 1.165) is 5.75 Å². The molecule has 0 saturated heterocycles. The van der Waals surface area contributed by atoms with Gasteiger partial charge in [-0.2, -0.15) is 0 Å². The molecular weight excluding hydrogens is 382 g/mol. The summed E-state index contributed by atoms with van der Waals surface area (Å²) in [5, 5.41) is 2.88. The van der Waals surface area contributed by atoms with Gasteiger partial charge in [0.25, 0.3) is 5.91 Å². The smallest absolute Gasteiger partial charge is 0.255 e. The number of amides is 1. The van der Waals surface area contributed by atoms with Crippen LogP contribution < -0.4 is 24.3 Å². The zero-order valence-electron chi connectivity index (χ0n) is 17.3. The van der Waals surface area contributed by atoms with Crippen molar-refractivity contribution in [1.82, 2.24) is 0 Å². The highest BCUT2D eigenvalue weighted by Gasteiger charge is 2.12. The number of rotatable bonds is 9. The van der Waals surface area contributed by atoms with Gasteiger partial charge in [0, 0.05) is 11.3 Å². The lowest BCUT2D eigenvalue weighted by molar-refractivity contribution is 0.102. The van der Waals surface area contributed by atoms with Gasteiger partial charge in [0.05, 0.1) is 20.3 Å². The zero-order chi connectivity index (χ0) is 21.3. The van der Waals surface area contributed by atoms with Gasteiger partial charge in [-0.25, -0.2) is 0 Å². The molecule has 0 fully saturated rings. The molecule has 156 valence electrons. The quantitative estimate of drug-likeness (QED) is 0.505. The first-order valence-corrected chi connectivity index (χ1v) is 9.76. The van der Waals surface area contributed by atoms with Crippen LogP contribution in [0.2, 0.25) is 0 Å². The molecule has 0 aliphatic rings. The van der Waals surface area contributed by atoms with E-state index < -0.39 is 0 Å². The molecule has 0 bridgehead atoms. The molecule has 6 heteroatoms. The molecule has 0 aromatic heterocycles. The normalized spacial score (nSPS) is 10.2. The highest BCUT2D eigenvalue weighted by atomic mass is 16.5. The summed E-state index contributed by atoms with van der Waals surface area (Å²) in [6.07, 6.45) is 0. The van der Waals surface area contributed by atoms with Crippen LogP contribution in [-0.4, -0.2) is 26.2 Å². The highest BCUT2D eigenvalue weighted by Crippen LogP contribution is 2.29. The van der Waals surface area contributed by atoms with Gasteiger partial charge < -0.3 is 24.3 Å². The first kappa shape index (κ1) is 21.0. The second-order valence-corrected chi connectivity index (χ2v) is 6.28. The van der Waals surface area contributed by atoms with Gasteiger partial charge in [0.1, 0.15) is 17.2 Å². The van der Waals surface area contributed by atoms with Crippen molar-refractivity contribution in [3.8, 4) is 28.7 Å². The first-order chi connectivity index (χ1) is 14.6. The minimum absolute atomic E-state index is 0.233. The number of carbonyl (C=O) groups excluding carboxylic acids is 1. The van der Waals surface area contributed by atoms with E-state index in [2.05, 4.69) is 5.32 Å².